The van der Waals surface area contributed by atoms with Crippen LogP contribution in [0.15, 0.2) is 48.8 Å². The SMILES string of the molecule is C[C@H](NOCCCCc1ccccc1)C(=O)OP(=O)(O)O.Nc1nc(NC2CC2)c2ncn([C@H]3C=C[C@@H](CO)C3)c2n1. The van der Waals surface area contributed by atoms with Gasteiger partial charge in [0.05, 0.1) is 19.0 Å². The first-order chi connectivity index (χ1) is 20.1. The highest BCUT2D eigenvalue weighted by Crippen LogP contribution is 2.36. The van der Waals surface area contributed by atoms with E-state index in [1.54, 1.807) is 6.33 Å². The fourth-order valence-electron chi connectivity index (χ4n) is 4.37. The van der Waals surface area contributed by atoms with Gasteiger partial charge in [0.2, 0.25) is 5.95 Å². The number of imidazole rings is 1. The number of allylic oxidation sites excluding steroid dienone is 1. The van der Waals surface area contributed by atoms with Gasteiger partial charge in [0.25, 0.3) is 0 Å². The number of anilines is 2. The lowest BCUT2D eigenvalue weighted by molar-refractivity contribution is -0.142. The van der Waals surface area contributed by atoms with Gasteiger partial charge in [-0.25, -0.2) is 14.3 Å². The maximum Gasteiger partial charge on any atom is 0.527 e. The number of nitrogens with zero attached hydrogens (tertiary/aromatic N) is 4. The van der Waals surface area contributed by atoms with Crippen molar-refractivity contribution in [3.05, 3.63) is 54.4 Å². The Kier molecular flexibility index (Phi) is 11.0. The van der Waals surface area contributed by atoms with Gasteiger partial charge in [-0.15, -0.1) is 0 Å². The molecule has 0 aliphatic heterocycles. The highest BCUT2D eigenvalue weighted by Gasteiger charge is 2.27. The minimum Gasteiger partial charge on any atom is -0.396 e. The van der Waals surface area contributed by atoms with Gasteiger partial charge in [0.1, 0.15) is 6.04 Å². The van der Waals surface area contributed by atoms with E-state index in [1.807, 2.05) is 28.8 Å². The lowest BCUT2D eigenvalue weighted by Crippen LogP contribution is -2.35. The zero-order chi connectivity index (χ0) is 30.1. The van der Waals surface area contributed by atoms with Crippen LogP contribution in [0, 0.1) is 5.92 Å². The molecule has 1 fully saturated rings. The number of aromatic nitrogens is 4. The summed E-state index contributed by atoms with van der Waals surface area (Å²) in [5.74, 6) is 0.121. The molecule has 228 valence electrons. The van der Waals surface area contributed by atoms with Crippen molar-refractivity contribution in [3.63, 3.8) is 0 Å². The summed E-state index contributed by atoms with van der Waals surface area (Å²) >= 11 is 0. The number of carbonyl (C=O) groups is 1. The molecule has 1 saturated carbocycles. The molecule has 5 rings (SSSR count). The fourth-order valence-corrected chi connectivity index (χ4v) is 4.76. The van der Waals surface area contributed by atoms with E-state index in [1.165, 1.54) is 12.5 Å². The number of phosphoric acid groups is 1. The molecule has 2 aliphatic carbocycles. The third-order valence-corrected chi connectivity index (χ3v) is 7.14. The van der Waals surface area contributed by atoms with Crippen molar-refractivity contribution in [1.29, 1.82) is 0 Å². The summed E-state index contributed by atoms with van der Waals surface area (Å²) in [7, 11) is -4.80. The van der Waals surface area contributed by atoms with Crippen LogP contribution in [0.4, 0.5) is 11.8 Å². The standard InChI is InChI=1S/C14H18N6O.C13H20NO6P/c15-14-18-12(17-9-2-3-9)11-13(19-14)20(7-16-11)10-4-1-8(5-10)6-21;1-11(13(15)20-21(16,17)18)14-19-10-6-5-9-12-7-3-2-4-8-12/h1,4,7-10,21H,2-3,5-6H2,(H3,15,17,18,19);2-4,7-8,11,14H,5-6,9-10H2,1H3,(H2,16,17,18)/t8-,10+;11-/m10/s1. The molecular weight excluding hydrogens is 565 g/mol. The van der Waals surface area contributed by atoms with Gasteiger partial charge < -0.3 is 30.1 Å². The Morgan fingerprint density at radius 3 is 2.62 bits per heavy atom. The smallest absolute Gasteiger partial charge is 0.396 e. The van der Waals surface area contributed by atoms with Crippen LogP contribution in [0.5, 0.6) is 0 Å². The van der Waals surface area contributed by atoms with Crippen LogP contribution in [-0.2, 0) is 25.1 Å². The van der Waals surface area contributed by atoms with Gasteiger partial charge in [-0.2, -0.15) is 15.4 Å². The number of rotatable bonds is 13. The molecule has 15 heteroatoms. The number of hydrogen-bond donors (Lipinski definition) is 6. The fraction of sp³-hybridized carbons (Fsp3) is 0.481. The van der Waals surface area contributed by atoms with Crippen molar-refractivity contribution < 1.29 is 33.6 Å². The van der Waals surface area contributed by atoms with Gasteiger partial charge in [0.15, 0.2) is 17.0 Å². The topological polar surface area (TPSA) is 207 Å². The summed E-state index contributed by atoms with van der Waals surface area (Å²) in [4.78, 5) is 46.3. The average molecular weight is 604 g/mol. The maximum atomic E-state index is 11.2. The van der Waals surface area contributed by atoms with Crippen molar-refractivity contribution in [2.24, 2.45) is 5.92 Å². The Morgan fingerprint density at radius 1 is 1.19 bits per heavy atom. The first-order valence-electron chi connectivity index (χ1n) is 13.9. The predicted octanol–water partition coefficient (Wildman–Crippen LogP) is 2.65. The van der Waals surface area contributed by atoms with Gasteiger partial charge in [-0.1, -0.05) is 42.5 Å². The van der Waals surface area contributed by atoms with E-state index in [4.69, 9.17) is 20.4 Å². The highest BCUT2D eigenvalue weighted by molar-refractivity contribution is 7.46. The quantitative estimate of drug-likeness (QED) is 0.0720. The first kappa shape index (κ1) is 31.5. The minimum atomic E-state index is -4.80. The summed E-state index contributed by atoms with van der Waals surface area (Å²) in [5.41, 5.74) is 11.0. The number of fused-ring (bicyclic) bond motifs is 1. The minimum absolute atomic E-state index is 0.162. The Labute approximate surface area is 243 Å². The van der Waals surface area contributed by atoms with Gasteiger partial charge in [-0.05, 0) is 51.0 Å². The number of phosphoric ester groups is 1. The van der Waals surface area contributed by atoms with Crippen LogP contribution in [0.2, 0.25) is 0 Å². The summed E-state index contributed by atoms with van der Waals surface area (Å²) in [6.45, 7) is 1.95. The van der Waals surface area contributed by atoms with E-state index >= 15 is 0 Å². The molecule has 0 bridgehead atoms. The van der Waals surface area contributed by atoms with E-state index < -0.39 is 19.8 Å². The third kappa shape index (κ3) is 9.58. The van der Waals surface area contributed by atoms with Crippen LogP contribution in [0.3, 0.4) is 0 Å². The van der Waals surface area contributed by atoms with Gasteiger partial charge in [-0.3, -0.25) is 9.79 Å². The molecule has 0 spiro atoms. The first-order valence-corrected chi connectivity index (χ1v) is 15.4. The molecule has 2 aromatic heterocycles. The molecule has 3 aromatic rings. The molecule has 1 aromatic carbocycles. The van der Waals surface area contributed by atoms with Crippen molar-refractivity contribution in [2.75, 3.05) is 24.3 Å². The number of hydrogen-bond acceptors (Lipinski definition) is 11. The number of benzene rings is 1. The zero-order valence-electron chi connectivity index (χ0n) is 23.4. The Hall–Kier alpha value is -3.39. The molecule has 0 radical (unpaired) electrons. The zero-order valence-corrected chi connectivity index (χ0v) is 24.3. The number of aliphatic hydroxyl groups excluding tert-OH is 1. The Bertz CT molecular complexity index is 1390. The molecule has 2 heterocycles. The normalized spacial score (nSPS) is 18.9. The lowest BCUT2D eigenvalue weighted by Gasteiger charge is -2.13. The molecule has 0 unspecified atom stereocenters. The monoisotopic (exact) mass is 603 g/mol. The van der Waals surface area contributed by atoms with E-state index in [-0.39, 0.29) is 24.5 Å². The second kappa shape index (κ2) is 14.7. The molecule has 7 N–H and O–H groups in total. The highest BCUT2D eigenvalue weighted by atomic mass is 31.2. The van der Waals surface area contributed by atoms with Crippen molar-refractivity contribution in [2.45, 2.75) is 63.6 Å². The van der Waals surface area contributed by atoms with E-state index in [2.05, 4.69) is 48.5 Å². The number of carbonyl (C=O) groups excluding carboxylic acids is 1. The summed E-state index contributed by atoms with van der Waals surface area (Å²) < 4.78 is 16.4. The molecule has 3 atom stereocenters. The average Bonchev–Trinajstić information content (AvgIpc) is 3.46. The molecule has 42 heavy (non-hydrogen) atoms. The van der Waals surface area contributed by atoms with Crippen molar-refractivity contribution in [3.8, 4) is 0 Å². The molecule has 0 amide bonds. The number of aliphatic hydroxyl groups is 1. The Balaban J connectivity index is 0.000000193. The second-order valence-electron chi connectivity index (χ2n) is 10.3. The summed E-state index contributed by atoms with van der Waals surface area (Å²) in [5, 5.41) is 12.6. The van der Waals surface area contributed by atoms with Gasteiger partial charge in [0, 0.05) is 18.6 Å². The van der Waals surface area contributed by atoms with E-state index in [0.717, 1.165) is 55.5 Å². The number of unbranched alkanes of at least 4 members (excludes halogenated alkanes) is 1. The number of nitrogen functional groups attached to an aromatic ring is 1. The van der Waals surface area contributed by atoms with Crippen LogP contribution < -0.4 is 16.5 Å². The van der Waals surface area contributed by atoms with E-state index in [0.29, 0.717) is 12.6 Å². The maximum absolute atomic E-state index is 11.2. The van der Waals surface area contributed by atoms with E-state index in [9.17, 15) is 14.5 Å². The largest absolute Gasteiger partial charge is 0.527 e. The number of hydroxylamine groups is 1. The van der Waals surface area contributed by atoms with Crippen LogP contribution in [0.1, 0.15) is 50.6 Å². The number of nitrogens with two attached hydrogens (primary N) is 1. The van der Waals surface area contributed by atoms with Gasteiger partial charge >= 0.3 is 13.8 Å². The summed E-state index contributed by atoms with van der Waals surface area (Å²) in [6.07, 6.45) is 11.8. The van der Waals surface area contributed by atoms with Crippen LogP contribution >= 0.6 is 7.82 Å². The number of aryl methyl sites for hydroxylation is 1. The Morgan fingerprint density at radius 2 is 1.95 bits per heavy atom. The van der Waals surface area contributed by atoms with Crippen LogP contribution in [0.25, 0.3) is 11.2 Å². The number of nitrogens with one attached hydrogen (secondary N) is 2. The van der Waals surface area contributed by atoms with Crippen LogP contribution in [-0.4, -0.2) is 65.7 Å². The molecule has 0 saturated heterocycles. The molecule has 2 aliphatic rings. The summed E-state index contributed by atoms with van der Waals surface area (Å²) in [6, 6.07) is 9.75. The van der Waals surface area contributed by atoms with Crippen molar-refractivity contribution >= 4 is 36.7 Å². The molecule has 14 nitrogen and oxygen atoms in total. The lowest BCUT2D eigenvalue weighted by atomic mass is 10.1. The van der Waals surface area contributed by atoms with Crippen molar-refractivity contribution in [1.82, 2.24) is 25.0 Å². The third-order valence-electron chi connectivity index (χ3n) is 6.73. The molecular formula is C27H38N7O7P. The predicted molar refractivity (Wildman–Crippen MR) is 156 cm³/mol. The second-order valence-corrected chi connectivity index (χ2v) is 11.5.